The summed E-state index contributed by atoms with van der Waals surface area (Å²) >= 11 is 0. The Morgan fingerprint density at radius 2 is 2.03 bits per heavy atom. The SMILES string of the molecule is Cc1ccc(C(C)C)c(O[C@@H](C)C(=O)N(Cc2ccco2)[C@H]2CCS(=O)(=O)C2)c1. The highest BCUT2D eigenvalue weighted by Gasteiger charge is 2.37. The van der Waals surface area contributed by atoms with E-state index in [0.29, 0.717) is 17.9 Å². The molecule has 0 N–H and O–H groups in total. The zero-order chi connectivity index (χ0) is 21.2. The van der Waals surface area contributed by atoms with E-state index in [9.17, 15) is 13.2 Å². The molecular weight excluding hydrogens is 390 g/mol. The van der Waals surface area contributed by atoms with Crippen molar-refractivity contribution in [3.05, 3.63) is 53.5 Å². The first-order valence-electron chi connectivity index (χ1n) is 9.97. The van der Waals surface area contributed by atoms with E-state index in [-0.39, 0.29) is 35.9 Å². The molecule has 29 heavy (non-hydrogen) atoms. The molecule has 0 bridgehead atoms. The fraction of sp³-hybridized carbons (Fsp3) is 0.500. The first-order chi connectivity index (χ1) is 13.7. The summed E-state index contributed by atoms with van der Waals surface area (Å²) in [7, 11) is -3.13. The molecule has 0 spiro atoms. The molecule has 1 aliphatic heterocycles. The van der Waals surface area contributed by atoms with Crippen LogP contribution in [0.4, 0.5) is 0 Å². The fourth-order valence-corrected chi connectivity index (χ4v) is 5.40. The number of furan rings is 1. The van der Waals surface area contributed by atoms with Crippen molar-refractivity contribution < 1.29 is 22.4 Å². The van der Waals surface area contributed by atoms with Gasteiger partial charge in [0.25, 0.3) is 5.91 Å². The smallest absolute Gasteiger partial charge is 0.264 e. The molecule has 0 unspecified atom stereocenters. The largest absolute Gasteiger partial charge is 0.481 e. The van der Waals surface area contributed by atoms with Gasteiger partial charge in [-0.2, -0.15) is 0 Å². The topological polar surface area (TPSA) is 76.8 Å². The molecule has 7 heteroatoms. The van der Waals surface area contributed by atoms with Gasteiger partial charge in [-0.05, 0) is 55.5 Å². The molecule has 6 nitrogen and oxygen atoms in total. The van der Waals surface area contributed by atoms with Gasteiger partial charge in [-0.1, -0.05) is 26.0 Å². The van der Waals surface area contributed by atoms with E-state index in [2.05, 4.69) is 13.8 Å². The van der Waals surface area contributed by atoms with Gasteiger partial charge in [0.1, 0.15) is 11.5 Å². The van der Waals surface area contributed by atoms with Gasteiger partial charge in [-0.3, -0.25) is 4.79 Å². The number of hydrogen-bond acceptors (Lipinski definition) is 5. The number of carbonyl (C=O) groups excluding carboxylic acids is 1. The maximum Gasteiger partial charge on any atom is 0.264 e. The molecule has 1 saturated heterocycles. The van der Waals surface area contributed by atoms with E-state index >= 15 is 0 Å². The summed E-state index contributed by atoms with van der Waals surface area (Å²) in [5, 5.41) is 0. The summed E-state index contributed by atoms with van der Waals surface area (Å²) in [6.45, 7) is 8.08. The van der Waals surface area contributed by atoms with Gasteiger partial charge in [0.05, 0.1) is 24.3 Å². The maximum atomic E-state index is 13.3. The molecular formula is C22H29NO5S. The minimum absolute atomic E-state index is 0.0200. The summed E-state index contributed by atoms with van der Waals surface area (Å²) in [5.41, 5.74) is 2.09. The Labute approximate surface area is 172 Å². The van der Waals surface area contributed by atoms with Crippen molar-refractivity contribution in [2.24, 2.45) is 0 Å². The second-order valence-corrected chi connectivity index (χ2v) is 10.3. The van der Waals surface area contributed by atoms with E-state index in [4.69, 9.17) is 9.15 Å². The summed E-state index contributed by atoms with van der Waals surface area (Å²) in [5.74, 6) is 1.41. The predicted octanol–water partition coefficient (Wildman–Crippen LogP) is 3.69. The van der Waals surface area contributed by atoms with E-state index in [1.807, 2.05) is 25.1 Å². The van der Waals surface area contributed by atoms with Crippen LogP contribution in [-0.2, 0) is 21.2 Å². The molecule has 2 atom stereocenters. The summed E-state index contributed by atoms with van der Waals surface area (Å²) < 4.78 is 35.5. The first-order valence-corrected chi connectivity index (χ1v) is 11.8. The molecule has 1 fully saturated rings. The quantitative estimate of drug-likeness (QED) is 0.684. The Morgan fingerprint density at radius 1 is 1.28 bits per heavy atom. The average molecular weight is 420 g/mol. The normalized spacial score (nSPS) is 19.3. The number of sulfone groups is 1. The molecule has 1 aliphatic rings. The zero-order valence-electron chi connectivity index (χ0n) is 17.4. The highest BCUT2D eigenvalue weighted by molar-refractivity contribution is 7.91. The molecule has 1 amide bonds. The molecule has 0 saturated carbocycles. The molecule has 3 rings (SSSR count). The minimum Gasteiger partial charge on any atom is -0.481 e. The minimum atomic E-state index is -3.13. The van der Waals surface area contributed by atoms with E-state index in [0.717, 1.165) is 11.1 Å². The number of benzene rings is 1. The Balaban J connectivity index is 1.82. The predicted molar refractivity (Wildman–Crippen MR) is 112 cm³/mol. The first kappa shape index (κ1) is 21.4. The van der Waals surface area contributed by atoms with Crippen LogP contribution < -0.4 is 4.74 Å². The maximum absolute atomic E-state index is 13.3. The van der Waals surface area contributed by atoms with Gasteiger partial charge >= 0.3 is 0 Å². The standard InChI is InChI=1S/C22H29NO5S/c1-15(2)20-8-7-16(3)12-21(20)28-17(4)22(24)23(13-19-6-5-10-27-19)18-9-11-29(25,26)14-18/h5-8,10,12,15,17-18H,9,11,13-14H2,1-4H3/t17-,18-/m0/s1. The van der Waals surface area contributed by atoms with Crippen molar-refractivity contribution in [3.63, 3.8) is 0 Å². The average Bonchev–Trinajstić information content (AvgIpc) is 3.28. The van der Waals surface area contributed by atoms with Crippen molar-refractivity contribution in [1.29, 1.82) is 0 Å². The number of hydrogen-bond donors (Lipinski definition) is 0. The molecule has 2 heterocycles. The second-order valence-electron chi connectivity index (χ2n) is 8.06. The highest BCUT2D eigenvalue weighted by Crippen LogP contribution is 2.29. The Morgan fingerprint density at radius 3 is 2.62 bits per heavy atom. The van der Waals surface area contributed by atoms with Crippen molar-refractivity contribution in [1.82, 2.24) is 4.90 Å². The van der Waals surface area contributed by atoms with Gasteiger partial charge in [0.2, 0.25) is 0 Å². The highest BCUT2D eigenvalue weighted by atomic mass is 32.2. The Bertz CT molecular complexity index is 950. The lowest BCUT2D eigenvalue weighted by atomic mass is 10.0. The third-order valence-electron chi connectivity index (χ3n) is 5.28. The summed E-state index contributed by atoms with van der Waals surface area (Å²) in [6.07, 6.45) is 1.24. The number of ether oxygens (including phenoxy) is 1. The van der Waals surface area contributed by atoms with Gasteiger partial charge in [-0.25, -0.2) is 8.42 Å². The zero-order valence-corrected chi connectivity index (χ0v) is 18.2. The Kier molecular flexibility index (Phi) is 6.36. The molecule has 158 valence electrons. The van der Waals surface area contributed by atoms with Gasteiger partial charge in [0.15, 0.2) is 15.9 Å². The van der Waals surface area contributed by atoms with E-state index < -0.39 is 15.9 Å². The van der Waals surface area contributed by atoms with Gasteiger partial charge in [0, 0.05) is 6.04 Å². The van der Waals surface area contributed by atoms with Crippen LogP contribution in [0.2, 0.25) is 0 Å². The number of carbonyl (C=O) groups is 1. The lowest BCUT2D eigenvalue weighted by Gasteiger charge is -2.30. The van der Waals surface area contributed by atoms with Gasteiger partial charge < -0.3 is 14.1 Å². The van der Waals surface area contributed by atoms with Crippen LogP contribution in [0.1, 0.15) is 50.0 Å². The lowest BCUT2D eigenvalue weighted by molar-refractivity contribution is -0.141. The van der Waals surface area contributed by atoms with E-state index in [1.165, 1.54) is 0 Å². The van der Waals surface area contributed by atoms with Crippen molar-refractivity contribution in [3.8, 4) is 5.75 Å². The number of aryl methyl sites for hydroxylation is 1. The van der Waals surface area contributed by atoms with Crippen molar-refractivity contribution in [2.75, 3.05) is 11.5 Å². The fourth-order valence-electron chi connectivity index (χ4n) is 3.67. The molecule has 1 aromatic heterocycles. The van der Waals surface area contributed by atoms with Crippen molar-refractivity contribution in [2.45, 2.75) is 58.7 Å². The van der Waals surface area contributed by atoms with Gasteiger partial charge in [-0.15, -0.1) is 0 Å². The number of rotatable bonds is 7. The van der Waals surface area contributed by atoms with E-state index in [1.54, 1.807) is 30.2 Å². The number of nitrogens with zero attached hydrogens (tertiary/aromatic N) is 1. The monoisotopic (exact) mass is 419 g/mol. The van der Waals surface area contributed by atoms with Crippen LogP contribution in [0, 0.1) is 6.92 Å². The van der Waals surface area contributed by atoms with Crippen LogP contribution in [0.25, 0.3) is 0 Å². The van der Waals surface area contributed by atoms with Crippen LogP contribution in [0.3, 0.4) is 0 Å². The second kappa shape index (κ2) is 8.61. The summed E-state index contributed by atoms with van der Waals surface area (Å²) in [4.78, 5) is 14.9. The van der Waals surface area contributed by atoms with Crippen molar-refractivity contribution >= 4 is 15.7 Å². The third-order valence-corrected chi connectivity index (χ3v) is 7.03. The third kappa shape index (κ3) is 5.21. The van der Waals surface area contributed by atoms with Crippen LogP contribution in [-0.4, -0.2) is 42.9 Å². The van der Waals surface area contributed by atoms with Crippen LogP contribution in [0.5, 0.6) is 5.75 Å². The molecule has 0 aliphatic carbocycles. The number of amides is 1. The van der Waals surface area contributed by atoms with Crippen LogP contribution >= 0.6 is 0 Å². The Hall–Kier alpha value is -2.28. The molecule has 1 aromatic carbocycles. The lowest BCUT2D eigenvalue weighted by Crippen LogP contribution is -2.46. The van der Waals surface area contributed by atoms with Crippen LogP contribution in [0.15, 0.2) is 41.0 Å². The molecule has 0 radical (unpaired) electrons. The molecule has 2 aromatic rings. The summed E-state index contributed by atoms with van der Waals surface area (Å²) in [6, 6.07) is 9.16.